The van der Waals surface area contributed by atoms with Gasteiger partial charge in [-0.3, -0.25) is 4.79 Å². The number of carbonyl (C=O) groups excluding carboxylic acids is 1. The van der Waals surface area contributed by atoms with Crippen LogP contribution in [-0.2, 0) is 0 Å². The summed E-state index contributed by atoms with van der Waals surface area (Å²) < 4.78 is 41.4. The average Bonchev–Trinajstić information content (AvgIpc) is 3.11. The fraction of sp³-hybridized carbons (Fsp3) is 0.524. The summed E-state index contributed by atoms with van der Waals surface area (Å²) in [5.74, 6) is -0.269. The van der Waals surface area contributed by atoms with Crippen molar-refractivity contribution in [3.8, 4) is 0 Å². The number of rotatable bonds is 6. The molecule has 0 fully saturated rings. The van der Waals surface area contributed by atoms with Gasteiger partial charge in [-0.1, -0.05) is 36.8 Å². The number of anilines is 1. The topological polar surface area (TPSA) is 62.2 Å². The number of nitrogens with zero attached hydrogens (tertiary/aromatic N) is 3. The molecule has 0 spiro atoms. The van der Waals surface area contributed by atoms with E-state index in [0.717, 1.165) is 15.8 Å². The third kappa shape index (κ3) is 4.77. The molecule has 2 heterocycles. The van der Waals surface area contributed by atoms with E-state index in [1.54, 1.807) is 0 Å². The van der Waals surface area contributed by atoms with Crippen molar-refractivity contribution in [3.63, 3.8) is 0 Å². The maximum absolute atomic E-state index is 13.5. The number of hydrogen-bond donors (Lipinski definition) is 2. The van der Waals surface area contributed by atoms with Crippen molar-refractivity contribution < 1.29 is 18.0 Å². The number of alkyl halides is 3. The van der Waals surface area contributed by atoms with Crippen molar-refractivity contribution in [2.75, 3.05) is 26.0 Å². The first-order valence-electron chi connectivity index (χ1n) is 10.0. The molecule has 3 rings (SSSR count). The van der Waals surface area contributed by atoms with Gasteiger partial charge in [0.05, 0.1) is 6.04 Å². The lowest BCUT2D eigenvalue weighted by Crippen LogP contribution is -2.39. The normalized spacial score (nSPS) is 19.9. The Balaban J connectivity index is 1.76. The smallest absolute Gasteiger partial charge is 0.367 e. The zero-order chi connectivity index (χ0) is 22.1. The van der Waals surface area contributed by atoms with Crippen LogP contribution in [0.25, 0.3) is 0 Å². The Bertz CT molecular complexity index is 876. The number of likely N-dealkylation sites (N-methyl/N-ethyl adjacent to an activating group) is 1. The molecule has 0 saturated heterocycles. The van der Waals surface area contributed by atoms with Crippen molar-refractivity contribution in [1.82, 2.24) is 20.0 Å². The van der Waals surface area contributed by atoms with Crippen molar-refractivity contribution >= 4 is 11.7 Å². The van der Waals surface area contributed by atoms with Crippen LogP contribution in [0.1, 0.15) is 53.5 Å². The molecule has 0 bridgehead atoms. The number of aromatic nitrogens is 2. The Morgan fingerprint density at radius 1 is 1.33 bits per heavy atom. The molecule has 1 amide bonds. The highest BCUT2D eigenvalue weighted by molar-refractivity contribution is 5.93. The molecule has 1 aromatic carbocycles. The van der Waals surface area contributed by atoms with Crippen LogP contribution in [0.2, 0.25) is 0 Å². The highest BCUT2D eigenvalue weighted by Crippen LogP contribution is 2.39. The summed E-state index contributed by atoms with van der Waals surface area (Å²) in [5, 5.41) is 9.85. The SMILES string of the molecule is CC[C@@H]1C[C@H](C(F)(F)F)n2nc(C(=O)NC[C@@H](c3ccc(C)cc3)N(C)C)cc2N1. The average molecular weight is 423 g/mol. The molecule has 30 heavy (non-hydrogen) atoms. The van der Waals surface area contributed by atoms with E-state index in [9.17, 15) is 18.0 Å². The number of carbonyl (C=O) groups is 1. The summed E-state index contributed by atoms with van der Waals surface area (Å²) in [7, 11) is 3.82. The largest absolute Gasteiger partial charge is 0.410 e. The summed E-state index contributed by atoms with van der Waals surface area (Å²) in [6, 6.07) is 7.30. The van der Waals surface area contributed by atoms with Gasteiger partial charge in [0.2, 0.25) is 0 Å². The molecule has 6 nitrogen and oxygen atoms in total. The van der Waals surface area contributed by atoms with E-state index in [1.807, 2.05) is 57.1 Å². The van der Waals surface area contributed by atoms with Crippen molar-refractivity contribution in [2.24, 2.45) is 0 Å². The Morgan fingerprint density at radius 3 is 2.57 bits per heavy atom. The highest BCUT2D eigenvalue weighted by Gasteiger charge is 2.46. The van der Waals surface area contributed by atoms with Crippen LogP contribution in [0, 0.1) is 6.92 Å². The molecular formula is C21H28F3N5O. The second kappa shape index (κ2) is 8.67. The molecule has 1 aromatic heterocycles. The minimum Gasteiger partial charge on any atom is -0.367 e. The molecule has 1 aliphatic rings. The Kier molecular flexibility index (Phi) is 6.40. The monoisotopic (exact) mass is 423 g/mol. The molecule has 2 N–H and O–H groups in total. The van der Waals surface area contributed by atoms with Crippen LogP contribution in [0.15, 0.2) is 30.3 Å². The van der Waals surface area contributed by atoms with E-state index in [2.05, 4.69) is 15.7 Å². The van der Waals surface area contributed by atoms with Gasteiger partial charge >= 0.3 is 6.18 Å². The molecule has 3 atom stereocenters. The van der Waals surface area contributed by atoms with Gasteiger partial charge in [-0.2, -0.15) is 18.3 Å². The van der Waals surface area contributed by atoms with Crippen LogP contribution < -0.4 is 10.6 Å². The zero-order valence-corrected chi connectivity index (χ0v) is 17.6. The lowest BCUT2D eigenvalue weighted by atomic mass is 10.0. The zero-order valence-electron chi connectivity index (χ0n) is 17.6. The van der Waals surface area contributed by atoms with Crippen LogP contribution in [0.4, 0.5) is 19.0 Å². The Labute approximate surface area is 174 Å². The van der Waals surface area contributed by atoms with Crippen molar-refractivity contribution in [2.45, 2.75) is 51.0 Å². The van der Waals surface area contributed by atoms with Crippen molar-refractivity contribution in [1.29, 1.82) is 0 Å². The van der Waals surface area contributed by atoms with Gasteiger partial charge in [-0.05, 0) is 39.4 Å². The maximum atomic E-state index is 13.5. The van der Waals surface area contributed by atoms with Crippen molar-refractivity contribution in [3.05, 3.63) is 47.2 Å². The first kappa shape index (κ1) is 22.1. The predicted octanol–water partition coefficient (Wildman–Crippen LogP) is 3.92. The number of hydrogen-bond acceptors (Lipinski definition) is 4. The van der Waals surface area contributed by atoms with Gasteiger partial charge < -0.3 is 15.5 Å². The molecule has 0 unspecified atom stereocenters. The summed E-state index contributed by atoms with van der Waals surface area (Å²) in [4.78, 5) is 14.7. The maximum Gasteiger partial charge on any atom is 0.410 e. The summed E-state index contributed by atoms with van der Waals surface area (Å²) in [6.07, 6.45) is -3.97. The lowest BCUT2D eigenvalue weighted by Gasteiger charge is -2.32. The van der Waals surface area contributed by atoms with Crippen LogP contribution >= 0.6 is 0 Å². The van der Waals surface area contributed by atoms with Gasteiger partial charge in [0.1, 0.15) is 5.82 Å². The van der Waals surface area contributed by atoms with Crippen LogP contribution in [0.3, 0.4) is 0 Å². The van der Waals surface area contributed by atoms with Gasteiger partial charge in [0.15, 0.2) is 11.7 Å². The molecule has 164 valence electrons. The number of fused-ring (bicyclic) bond motifs is 1. The van der Waals surface area contributed by atoms with E-state index < -0.39 is 18.1 Å². The summed E-state index contributed by atoms with van der Waals surface area (Å²) >= 11 is 0. The first-order chi connectivity index (χ1) is 14.1. The molecule has 0 aliphatic carbocycles. The van der Waals surface area contributed by atoms with Gasteiger partial charge in [-0.15, -0.1) is 0 Å². The van der Waals surface area contributed by atoms with Gasteiger partial charge in [0, 0.05) is 18.7 Å². The molecule has 9 heteroatoms. The van der Waals surface area contributed by atoms with E-state index >= 15 is 0 Å². The summed E-state index contributed by atoms with van der Waals surface area (Å²) in [6.45, 7) is 4.14. The van der Waals surface area contributed by atoms with E-state index in [1.165, 1.54) is 6.07 Å². The Morgan fingerprint density at radius 2 is 2.00 bits per heavy atom. The summed E-state index contributed by atoms with van der Waals surface area (Å²) in [5.41, 5.74) is 2.16. The van der Waals surface area contributed by atoms with Gasteiger partial charge in [0.25, 0.3) is 5.91 Å². The minimum atomic E-state index is -4.43. The van der Waals surface area contributed by atoms with Crippen LogP contribution in [-0.4, -0.2) is 53.4 Å². The Hall–Kier alpha value is -2.55. The van der Waals surface area contributed by atoms with E-state index in [-0.39, 0.29) is 30.0 Å². The molecule has 0 radical (unpaired) electrons. The van der Waals surface area contributed by atoms with E-state index in [4.69, 9.17) is 0 Å². The fourth-order valence-electron chi connectivity index (χ4n) is 3.70. The second-order valence-corrected chi connectivity index (χ2v) is 8.00. The number of nitrogens with one attached hydrogen (secondary N) is 2. The third-order valence-corrected chi connectivity index (χ3v) is 5.54. The number of benzene rings is 1. The van der Waals surface area contributed by atoms with Gasteiger partial charge in [-0.25, -0.2) is 4.68 Å². The van der Waals surface area contributed by atoms with Crippen LogP contribution in [0.5, 0.6) is 0 Å². The van der Waals surface area contributed by atoms with E-state index in [0.29, 0.717) is 13.0 Å². The molecule has 2 aromatic rings. The quantitative estimate of drug-likeness (QED) is 0.739. The fourth-order valence-corrected chi connectivity index (χ4v) is 3.70. The number of halogens is 3. The second-order valence-electron chi connectivity index (χ2n) is 8.00. The predicted molar refractivity (Wildman–Crippen MR) is 110 cm³/mol. The first-order valence-corrected chi connectivity index (χ1v) is 10.0. The number of amides is 1. The third-order valence-electron chi connectivity index (χ3n) is 5.54. The number of aryl methyl sites for hydroxylation is 1. The molecular weight excluding hydrogens is 395 g/mol. The lowest BCUT2D eigenvalue weighted by molar-refractivity contribution is -0.173. The highest BCUT2D eigenvalue weighted by atomic mass is 19.4. The molecule has 0 saturated carbocycles. The minimum absolute atomic E-state index is 0.0232. The standard InChI is InChI=1S/C21H28F3N5O/c1-5-15-10-18(21(22,23)24)29-19(26-15)11-16(27-29)20(30)25-12-17(28(3)4)14-8-6-13(2)7-9-14/h6-9,11,15,17-18,26H,5,10,12H2,1-4H3,(H,25,30)/t15-,17+,18-/m1/s1. The molecule has 1 aliphatic heterocycles.